The number of benzene rings is 2. The van der Waals surface area contributed by atoms with Crippen LogP contribution in [0.3, 0.4) is 0 Å². The smallest absolute Gasteiger partial charge is 0.290 e. The third-order valence-corrected chi connectivity index (χ3v) is 6.57. The number of hydrogen-bond donors (Lipinski definition) is 0. The van der Waals surface area contributed by atoms with Crippen LogP contribution in [-0.2, 0) is 17.8 Å². The molecule has 0 aliphatic carbocycles. The topological polar surface area (TPSA) is 74.1 Å². The Morgan fingerprint density at radius 3 is 2.20 bits per heavy atom. The van der Waals surface area contributed by atoms with E-state index in [2.05, 4.69) is 0 Å². The first-order valence-electron chi connectivity index (χ1n) is 11.4. The molecule has 7 nitrogen and oxygen atoms in total. The predicted molar refractivity (Wildman–Crippen MR) is 121 cm³/mol. The molecule has 0 N–H and O–H groups in total. The number of furan rings is 1. The number of carbonyl (C=O) groups excluding carboxylic acids is 3. The van der Waals surface area contributed by atoms with E-state index in [4.69, 9.17) is 4.42 Å². The molecule has 2 aliphatic heterocycles. The largest absolute Gasteiger partial charge is 0.459 e. The molecule has 2 aliphatic rings. The Hall–Kier alpha value is -4.01. The minimum atomic E-state index is -1.08. The number of piperazine rings is 1. The Labute approximate surface area is 200 Å². The lowest BCUT2D eigenvalue weighted by Gasteiger charge is -2.41. The average Bonchev–Trinajstić information content (AvgIpc) is 3.43. The fourth-order valence-corrected chi connectivity index (χ4v) is 4.65. The van der Waals surface area contributed by atoms with E-state index >= 15 is 0 Å². The molecule has 0 bridgehead atoms. The second-order valence-electron chi connectivity index (χ2n) is 8.65. The third kappa shape index (κ3) is 4.41. The summed E-state index contributed by atoms with van der Waals surface area (Å²) >= 11 is 0. The zero-order valence-corrected chi connectivity index (χ0v) is 18.8. The second-order valence-corrected chi connectivity index (χ2v) is 8.65. The monoisotopic (exact) mass is 479 g/mol. The van der Waals surface area contributed by atoms with E-state index in [-0.39, 0.29) is 49.3 Å². The molecule has 0 saturated carbocycles. The lowest BCUT2D eigenvalue weighted by atomic mass is 9.92. The maximum atomic E-state index is 13.6. The summed E-state index contributed by atoms with van der Waals surface area (Å²) < 4.78 is 32.1. The first-order valence-corrected chi connectivity index (χ1v) is 11.4. The van der Waals surface area contributed by atoms with Crippen LogP contribution in [0.25, 0.3) is 0 Å². The van der Waals surface area contributed by atoms with Gasteiger partial charge in [-0.25, -0.2) is 8.78 Å². The fraction of sp³-hybridized carbons (Fsp3) is 0.269. The fourth-order valence-electron chi connectivity index (χ4n) is 4.65. The number of hydrogen-bond acceptors (Lipinski definition) is 4. The summed E-state index contributed by atoms with van der Waals surface area (Å²) in [6, 6.07) is 13.3. The normalized spacial score (nSPS) is 17.8. The number of carbonyl (C=O) groups is 3. The minimum Gasteiger partial charge on any atom is -0.459 e. The van der Waals surface area contributed by atoms with Gasteiger partial charge in [0.1, 0.15) is 6.04 Å². The molecule has 3 heterocycles. The lowest BCUT2D eigenvalue weighted by molar-refractivity contribution is -0.138. The number of amides is 3. The molecule has 3 amide bonds. The van der Waals surface area contributed by atoms with E-state index < -0.39 is 23.6 Å². The first kappa shape index (κ1) is 22.8. The Bertz CT molecular complexity index is 1270. The van der Waals surface area contributed by atoms with E-state index in [1.54, 1.807) is 21.9 Å². The molecule has 0 spiro atoms. The van der Waals surface area contributed by atoms with Crippen LogP contribution in [0, 0.1) is 11.6 Å². The van der Waals surface area contributed by atoms with Gasteiger partial charge in [0.15, 0.2) is 17.4 Å². The highest BCUT2D eigenvalue weighted by atomic mass is 19.2. The van der Waals surface area contributed by atoms with Gasteiger partial charge in [0.05, 0.1) is 6.26 Å². The molecule has 35 heavy (non-hydrogen) atoms. The van der Waals surface area contributed by atoms with Crippen LogP contribution in [0.15, 0.2) is 65.3 Å². The predicted octanol–water partition coefficient (Wildman–Crippen LogP) is 3.11. The summed E-state index contributed by atoms with van der Waals surface area (Å²) in [6.07, 6.45) is 1.81. The van der Waals surface area contributed by atoms with Crippen molar-refractivity contribution in [3.8, 4) is 0 Å². The van der Waals surface area contributed by atoms with Crippen molar-refractivity contribution in [2.24, 2.45) is 0 Å². The third-order valence-electron chi connectivity index (χ3n) is 6.57. The van der Waals surface area contributed by atoms with Gasteiger partial charge in [-0.15, -0.1) is 0 Å². The van der Waals surface area contributed by atoms with Gasteiger partial charge in [-0.2, -0.15) is 0 Å². The van der Waals surface area contributed by atoms with Crippen molar-refractivity contribution < 1.29 is 27.6 Å². The Morgan fingerprint density at radius 1 is 0.800 bits per heavy atom. The lowest BCUT2D eigenvalue weighted by Crippen LogP contribution is -2.58. The van der Waals surface area contributed by atoms with Gasteiger partial charge in [-0.1, -0.05) is 24.3 Å². The van der Waals surface area contributed by atoms with Crippen LogP contribution in [0.4, 0.5) is 8.78 Å². The van der Waals surface area contributed by atoms with E-state index in [0.717, 1.165) is 23.3 Å². The van der Waals surface area contributed by atoms with E-state index in [0.29, 0.717) is 13.0 Å². The minimum absolute atomic E-state index is 0.0581. The molecule has 1 aromatic heterocycles. The van der Waals surface area contributed by atoms with Gasteiger partial charge in [-0.3, -0.25) is 14.4 Å². The Kier molecular flexibility index (Phi) is 6.07. The molecular weight excluding hydrogens is 456 g/mol. The standard InChI is InChI=1S/C26H23F2N3O4/c27-20-8-7-18(14-21(20)28)24(32)29-9-11-30(12-10-29)25(33)22-15-17-4-1-2-5-19(17)16-31(22)26(34)23-6-3-13-35-23/h1-8,13-14,22H,9-12,15-16H2. The molecule has 1 fully saturated rings. The van der Waals surface area contributed by atoms with E-state index in [1.165, 1.54) is 17.2 Å². The van der Waals surface area contributed by atoms with Crippen molar-refractivity contribution in [2.75, 3.05) is 26.2 Å². The molecule has 3 aromatic rings. The summed E-state index contributed by atoms with van der Waals surface area (Å²) in [5.41, 5.74) is 2.06. The van der Waals surface area contributed by atoms with Crippen LogP contribution in [-0.4, -0.2) is 64.6 Å². The second kappa shape index (κ2) is 9.32. The van der Waals surface area contributed by atoms with E-state index in [9.17, 15) is 23.2 Å². The van der Waals surface area contributed by atoms with Crippen molar-refractivity contribution >= 4 is 17.7 Å². The highest BCUT2D eigenvalue weighted by Crippen LogP contribution is 2.27. The molecule has 1 unspecified atom stereocenters. The Balaban J connectivity index is 1.31. The molecule has 180 valence electrons. The zero-order chi connectivity index (χ0) is 24.5. The van der Waals surface area contributed by atoms with Crippen LogP contribution < -0.4 is 0 Å². The van der Waals surface area contributed by atoms with Gasteiger partial charge in [0, 0.05) is 44.7 Å². The van der Waals surface area contributed by atoms with Gasteiger partial charge in [0.2, 0.25) is 5.91 Å². The van der Waals surface area contributed by atoms with Crippen LogP contribution >= 0.6 is 0 Å². The number of fused-ring (bicyclic) bond motifs is 1. The highest BCUT2D eigenvalue weighted by Gasteiger charge is 2.39. The van der Waals surface area contributed by atoms with Crippen molar-refractivity contribution in [1.29, 1.82) is 0 Å². The zero-order valence-electron chi connectivity index (χ0n) is 18.8. The molecule has 2 aromatic carbocycles. The van der Waals surface area contributed by atoms with Crippen LogP contribution in [0.5, 0.6) is 0 Å². The van der Waals surface area contributed by atoms with Crippen molar-refractivity contribution in [1.82, 2.24) is 14.7 Å². The van der Waals surface area contributed by atoms with Gasteiger partial charge >= 0.3 is 0 Å². The number of halogens is 2. The van der Waals surface area contributed by atoms with Gasteiger partial charge in [-0.05, 0) is 41.5 Å². The summed E-state index contributed by atoms with van der Waals surface area (Å²) in [5.74, 6) is -2.89. The summed E-state index contributed by atoms with van der Waals surface area (Å²) in [5, 5.41) is 0. The molecule has 1 atom stereocenters. The molecule has 1 saturated heterocycles. The maximum Gasteiger partial charge on any atom is 0.290 e. The van der Waals surface area contributed by atoms with Crippen LogP contribution in [0.1, 0.15) is 32.0 Å². The SMILES string of the molecule is O=C(c1ccc(F)c(F)c1)N1CCN(C(=O)C2Cc3ccccc3CN2C(=O)c2ccco2)CC1. The Morgan fingerprint density at radius 2 is 1.51 bits per heavy atom. The van der Waals surface area contributed by atoms with E-state index in [1.807, 2.05) is 24.3 Å². The average molecular weight is 479 g/mol. The first-order chi connectivity index (χ1) is 16.9. The maximum absolute atomic E-state index is 13.6. The molecule has 0 radical (unpaired) electrons. The summed E-state index contributed by atoms with van der Waals surface area (Å²) in [4.78, 5) is 44.2. The van der Waals surface area contributed by atoms with Crippen molar-refractivity contribution in [3.63, 3.8) is 0 Å². The highest BCUT2D eigenvalue weighted by molar-refractivity contribution is 5.96. The number of rotatable bonds is 3. The summed E-state index contributed by atoms with van der Waals surface area (Å²) in [7, 11) is 0. The molecule has 5 rings (SSSR count). The van der Waals surface area contributed by atoms with Crippen LogP contribution in [0.2, 0.25) is 0 Å². The van der Waals surface area contributed by atoms with Crippen molar-refractivity contribution in [2.45, 2.75) is 19.0 Å². The quantitative estimate of drug-likeness (QED) is 0.579. The molecular formula is C26H23F2N3O4. The van der Waals surface area contributed by atoms with Gasteiger partial charge in [0.25, 0.3) is 11.8 Å². The summed E-state index contributed by atoms with van der Waals surface area (Å²) in [6.45, 7) is 1.34. The van der Waals surface area contributed by atoms with Gasteiger partial charge < -0.3 is 19.1 Å². The van der Waals surface area contributed by atoms with Crippen molar-refractivity contribution in [3.05, 3.63) is 94.9 Å². The molecule has 9 heteroatoms. The number of nitrogens with zero attached hydrogens (tertiary/aromatic N) is 3.